The fourth-order valence-corrected chi connectivity index (χ4v) is 6.05. The van der Waals surface area contributed by atoms with E-state index in [4.69, 9.17) is 23.6 Å². The van der Waals surface area contributed by atoms with E-state index in [1.165, 1.54) is 11.3 Å². The number of carbonyl (C=O) groups is 1. The number of fused-ring (bicyclic) bond motifs is 1. The number of morpholine rings is 1. The second-order valence-electron chi connectivity index (χ2n) is 9.48. The molecular weight excluding hydrogens is 542 g/mol. The van der Waals surface area contributed by atoms with Gasteiger partial charge in [-0.15, -0.1) is 0 Å². The molecule has 41 heavy (non-hydrogen) atoms. The lowest BCUT2D eigenvalue weighted by atomic mass is 9.93. The highest BCUT2D eigenvalue weighted by atomic mass is 32.1. The van der Waals surface area contributed by atoms with Gasteiger partial charge in [0.1, 0.15) is 11.5 Å². The molecule has 210 valence electrons. The first-order chi connectivity index (χ1) is 20.1. The fourth-order valence-electron chi connectivity index (χ4n) is 5.07. The van der Waals surface area contributed by atoms with Crippen LogP contribution in [0.15, 0.2) is 86.5 Å². The number of esters is 1. The smallest absolute Gasteiger partial charge is 0.338 e. The number of anilines is 1. The molecule has 0 bridgehead atoms. The minimum atomic E-state index is -0.779. The monoisotopic (exact) mass is 571 g/mol. The number of aromatic nitrogens is 1. The molecule has 2 aliphatic heterocycles. The van der Waals surface area contributed by atoms with Crippen molar-refractivity contribution in [1.29, 1.82) is 0 Å². The largest absolute Gasteiger partial charge is 0.497 e. The van der Waals surface area contributed by atoms with Gasteiger partial charge in [-0.05, 0) is 30.7 Å². The Morgan fingerprint density at radius 3 is 2.66 bits per heavy atom. The number of carbonyl (C=O) groups excluding carboxylic acids is 1. The Hall–Kier alpha value is -4.41. The summed E-state index contributed by atoms with van der Waals surface area (Å²) >= 11 is 1.25. The van der Waals surface area contributed by atoms with Gasteiger partial charge in [-0.1, -0.05) is 53.8 Å². The SMILES string of the molecule is CCOC(=O)C1=C(c2ccccc2)N=c2s/c(=C\c3ccc(N4CCOCC4)o3)c(=O)n2[C@@H]1c1cccc(OC)c1. The van der Waals surface area contributed by atoms with Gasteiger partial charge in [-0.25, -0.2) is 9.79 Å². The van der Waals surface area contributed by atoms with Gasteiger partial charge in [0.05, 0.1) is 48.8 Å². The highest BCUT2D eigenvalue weighted by Gasteiger charge is 2.35. The molecule has 10 heteroatoms. The molecule has 6 rings (SSSR count). The number of hydrogen-bond donors (Lipinski definition) is 0. The van der Waals surface area contributed by atoms with Crippen molar-refractivity contribution >= 4 is 35.0 Å². The summed E-state index contributed by atoms with van der Waals surface area (Å²) in [5.74, 6) is 1.37. The maximum absolute atomic E-state index is 14.0. The van der Waals surface area contributed by atoms with Crippen LogP contribution in [0.3, 0.4) is 0 Å². The second kappa shape index (κ2) is 11.6. The molecule has 2 aromatic carbocycles. The van der Waals surface area contributed by atoms with Crippen LogP contribution in [0.25, 0.3) is 11.8 Å². The molecule has 4 heterocycles. The van der Waals surface area contributed by atoms with E-state index in [-0.39, 0.29) is 17.7 Å². The Morgan fingerprint density at radius 2 is 1.90 bits per heavy atom. The van der Waals surface area contributed by atoms with Gasteiger partial charge < -0.3 is 23.5 Å². The summed E-state index contributed by atoms with van der Waals surface area (Å²) in [6.45, 7) is 4.72. The topological polar surface area (TPSA) is 95.5 Å². The Labute approximate surface area is 240 Å². The van der Waals surface area contributed by atoms with Crippen LogP contribution in [0.5, 0.6) is 5.75 Å². The van der Waals surface area contributed by atoms with Crippen molar-refractivity contribution in [3.05, 3.63) is 109 Å². The summed E-state index contributed by atoms with van der Waals surface area (Å²) in [4.78, 5) is 35.1. The zero-order valence-corrected chi connectivity index (χ0v) is 23.6. The predicted octanol–water partition coefficient (Wildman–Crippen LogP) is 3.37. The summed E-state index contributed by atoms with van der Waals surface area (Å²) < 4.78 is 24.5. The lowest BCUT2D eigenvalue weighted by molar-refractivity contribution is -0.138. The van der Waals surface area contributed by atoms with E-state index in [0.29, 0.717) is 45.3 Å². The van der Waals surface area contributed by atoms with Crippen LogP contribution in [0.1, 0.15) is 29.9 Å². The van der Waals surface area contributed by atoms with E-state index >= 15 is 0 Å². The fraction of sp³-hybridized carbons (Fsp3) is 0.258. The van der Waals surface area contributed by atoms with Crippen molar-refractivity contribution in [3.63, 3.8) is 0 Å². The highest BCUT2D eigenvalue weighted by Crippen LogP contribution is 2.36. The van der Waals surface area contributed by atoms with Gasteiger partial charge in [-0.2, -0.15) is 0 Å². The molecule has 2 aromatic heterocycles. The van der Waals surface area contributed by atoms with Crippen molar-refractivity contribution < 1.29 is 23.4 Å². The van der Waals surface area contributed by atoms with E-state index in [1.54, 1.807) is 24.7 Å². The Kier molecular flexibility index (Phi) is 7.58. The van der Waals surface area contributed by atoms with E-state index in [2.05, 4.69) is 4.90 Å². The average Bonchev–Trinajstić information content (AvgIpc) is 3.61. The van der Waals surface area contributed by atoms with Gasteiger partial charge >= 0.3 is 5.97 Å². The molecular formula is C31H29N3O6S. The summed E-state index contributed by atoms with van der Waals surface area (Å²) in [6.07, 6.45) is 1.73. The number of hydrogen-bond acceptors (Lipinski definition) is 9. The maximum Gasteiger partial charge on any atom is 0.338 e. The van der Waals surface area contributed by atoms with Gasteiger partial charge in [-0.3, -0.25) is 9.36 Å². The number of benzene rings is 2. The van der Waals surface area contributed by atoms with Crippen LogP contribution in [0, 0.1) is 0 Å². The zero-order valence-electron chi connectivity index (χ0n) is 22.7. The normalized spacial score (nSPS) is 17.3. The first kappa shape index (κ1) is 26.8. The number of nitrogens with zero attached hydrogens (tertiary/aromatic N) is 3. The molecule has 0 radical (unpaired) electrons. The first-order valence-electron chi connectivity index (χ1n) is 13.4. The van der Waals surface area contributed by atoms with Crippen molar-refractivity contribution in [3.8, 4) is 5.75 Å². The quantitative estimate of drug-likeness (QED) is 0.314. The molecule has 9 nitrogen and oxygen atoms in total. The number of thiazole rings is 1. The average molecular weight is 572 g/mol. The summed E-state index contributed by atoms with van der Waals surface area (Å²) in [6, 6.07) is 19.8. The molecule has 1 fully saturated rings. The second-order valence-corrected chi connectivity index (χ2v) is 10.5. The first-order valence-corrected chi connectivity index (χ1v) is 14.2. The molecule has 0 spiro atoms. The van der Waals surface area contributed by atoms with Crippen LogP contribution >= 0.6 is 11.3 Å². The van der Waals surface area contributed by atoms with Crippen molar-refractivity contribution in [1.82, 2.24) is 4.57 Å². The lowest BCUT2D eigenvalue weighted by Crippen LogP contribution is -2.40. The van der Waals surface area contributed by atoms with E-state index < -0.39 is 12.0 Å². The van der Waals surface area contributed by atoms with Gasteiger partial charge in [0.15, 0.2) is 10.7 Å². The van der Waals surface area contributed by atoms with Crippen LogP contribution in [-0.4, -0.2) is 50.6 Å². The zero-order chi connectivity index (χ0) is 28.3. The van der Waals surface area contributed by atoms with Gasteiger partial charge in [0.2, 0.25) is 0 Å². The van der Waals surface area contributed by atoms with E-state index in [1.807, 2.05) is 66.7 Å². The van der Waals surface area contributed by atoms with Gasteiger partial charge in [0, 0.05) is 30.8 Å². The summed E-state index contributed by atoms with van der Waals surface area (Å²) in [5.41, 5.74) is 1.94. The number of rotatable bonds is 7. The third-order valence-corrected chi connectivity index (χ3v) is 7.97. The maximum atomic E-state index is 14.0. The highest BCUT2D eigenvalue weighted by molar-refractivity contribution is 7.07. The molecule has 0 aliphatic carbocycles. The van der Waals surface area contributed by atoms with Crippen LogP contribution in [0.2, 0.25) is 0 Å². The van der Waals surface area contributed by atoms with Crippen LogP contribution in [0.4, 0.5) is 5.88 Å². The third-order valence-electron chi connectivity index (χ3n) is 6.99. The van der Waals surface area contributed by atoms with Crippen LogP contribution in [-0.2, 0) is 14.3 Å². The molecule has 0 saturated carbocycles. The molecule has 0 amide bonds. The Bertz CT molecular complexity index is 1780. The minimum absolute atomic E-state index is 0.184. The van der Waals surface area contributed by atoms with Gasteiger partial charge in [0.25, 0.3) is 5.56 Å². The third kappa shape index (κ3) is 5.23. The van der Waals surface area contributed by atoms with E-state index in [0.717, 1.165) is 24.5 Å². The summed E-state index contributed by atoms with van der Waals surface area (Å²) in [5, 5.41) is 0. The molecule has 0 N–H and O–H groups in total. The molecule has 1 atom stereocenters. The predicted molar refractivity (Wildman–Crippen MR) is 156 cm³/mol. The van der Waals surface area contributed by atoms with Crippen molar-refractivity contribution in [2.45, 2.75) is 13.0 Å². The van der Waals surface area contributed by atoms with Crippen molar-refractivity contribution in [2.75, 3.05) is 44.9 Å². The number of furan rings is 1. The lowest BCUT2D eigenvalue weighted by Gasteiger charge is -2.26. The summed E-state index contributed by atoms with van der Waals surface area (Å²) in [7, 11) is 1.58. The molecule has 2 aliphatic rings. The Balaban J connectivity index is 1.55. The number of ether oxygens (including phenoxy) is 3. The number of methoxy groups -OCH3 is 1. The molecule has 0 unspecified atom stereocenters. The molecule has 1 saturated heterocycles. The van der Waals surface area contributed by atoms with E-state index in [9.17, 15) is 9.59 Å². The standard InChI is InChI=1S/C31H29N3O6S/c1-3-39-30(36)26-27(20-8-5-4-6-9-20)32-31-34(28(26)21-10-7-11-22(18-21)37-2)29(35)24(41-31)19-23-12-13-25(40-23)33-14-16-38-17-15-33/h4-13,18-19,28H,3,14-17H2,1-2H3/b24-19-/t28-/m1/s1. The minimum Gasteiger partial charge on any atom is -0.497 e. The van der Waals surface area contributed by atoms with Crippen LogP contribution < -0.4 is 24.5 Å². The van der Waals surface area contributed by atoms with Crippen molar-refractivity contribution in [2.24, 2.45) is 4.99 Å². The molecule has 4 aromatic rings. The Morgan fingerprint density at radius 1 is 1.10 bits per heavy atom.